The van der Waals surface area contributed by atoms with Gasteiger partial charge in [-0.2, -0.15) is 13.2 Å². The molecule has 3 heterocycles. The van der Waals surface area contributed by atoms with Gasteiger partial charge in [-0.3, -0.25) is 0 Å². The van der Waals surface area contributed by atoms with Crippen LogP contribution in [-0.4, -0.2) is 63.2 Å². The number of nitrogens with one attached hydrogen (secondary N) is 2. The fraction of sp³-hybridized carbons (Fsp3) is 0.609. The van der Waals surface area contributed by atoms with Crippen LogP contribution in [0.1, 0.15) is 60.3 Å². The lowest BCUT2D eigenvalue weighted by Gasteiger charge is -2.59. The first-order valence-corrected chi connectivity index (χ1v) is 12.1. The van der Waals surface area contributed by atoms with Gasteiger partial charge in [0.1, 0.15) is 11.6 Å². The van der Waals surface area contributed by atoms with Crippen molar-refractivity contribution in [1.82, 2.24) is 30.3 Å². The molecule has 4 aliphatic rings. The summed E-state index contributed by atoms with van der Waals surface area (Å²) in [5.41, 5.74) is -0.0540. The van der Waals surface area contributed by atoms with Crippen molar-refractivity contribution in [3.8, 4) is 0 Å². The van der Waals surface area contributed by atoms with Crippen LogP contribution in [0.3, 0.4) is 0 Å². The second kappa shape index (κ2) is 7.84. The largest absolute Gasteiger partial charge is 0.416 e. The Morgan fingerprint density at radius 1 is 1.09 bits per heavy atom. The number of amides is 2. The minimum absolute atomic E-state index is 0.0462. The molecular formula is C23H26ClF3N6O. The predicted molar refractivity (Wildman–Crippen MR) is 118 cm³/mol. The molecule has 6 rings (SSSR count). The highest BCUT2D eigenvalue weighted by Crippen LogP contribution is 2.55. The summed E-state index contributed by atoms with van der Waals surface area (Å²) in [5.74, 6) is 3.01. The van der Waals surface area contributed by atoms with E-state index in [2.05, 4.69) is 20.5 Å². The number of alkyl halides is 3. The van der Waals surface area contributed by atoms with Gasteiger partial charge in [-0.25, -0.2) is 4.79 Å². The van der Waals surface area contributed by atoms with Gasteiger partial charge >= 0.3 is 12.2 Å². The Hall–Kier alpha value is -2.33. The molecule has 34 heavy (non-hydrogen) atoms. The van der Waals surface area contributed by atoms with Gasteiger partial charge < -0.3 is 20.1 Å². The highest BCUT2D eigenvalue weighted by atomic mass is 35.5. The SMILES string of the molecule is O=C(N1CC(NCc2cc(Cl)cc(C(F)(F)F)c2)C1)N1CC2(CC(c3nnc(C4CC4)[nH]3)C2)C1. The molecule has 1 aromatic heterocycles. The maximum absolute atomic E-state index is 13.0. The molecule has 0 unspecified atom stereocenters. The number of H-pyrrole nitrogens is 1. The molecule has 2 amide bonds. The monoisotopic (exact) mass is 494 g/mol. The van der Waals surface area contributed by atoms with Crippen LogP contribution in [0.5, 0.6) is 0 Å². The highest BCUT2D eigenvalue weighted by molar-refractivity contribution is 6.30. The number of benzene rings is 1. The Balaban J connectivity index is 0.931. The van der Waals surface area contributed by atoms with E-state index in [1.807, 2.05) is 4.90 Å². The first-order chi connectivity index (χ1) is 16.2. The quantitative estimate of drug-likeness (QED) is 0.655. The maximum Gasteiger partial charge on any atom is 0.416 e. The van der Waals surface area contributed by atoms with Crippen LogP contribution in [0, 0.1) is 5.41 Å². The number of aromatic amines is 1. The predicted octanol–water partition coefficient (Wildman–Crippen LogP) is 4.13. The second-order valence-corrected chi connectivity index (χ2v) is 10.9. The first-order valence-electron chi connectivity index (χ1n) is 11.7. The summed E-state index contributed by atoms with van der Waals surface area (Å²) < 4.78 is 38.9. The van der Waals surface area contributed by atoms with E-state index < -0.39 is 11.7 Å². The topological polar surface area (TPSA) is 77.2 Å². The molecule has 4 fully saturated rings. The van der Waals surface area contributed by atoms with E-state index in [1.165, 1.54) is 18.9 Å². The molecule has 0 atom stereocenters. The summed E-state index contributed by atoms with van der Waals surface area (Å²) >= 11 is 5.85. The van der Waals surface area contributed by atoms with Crippen LogP contribution in [0.2, 0.25) is 5.02 Å². The lowest BCUT2D eigenvalue weighted by Crippen LogP contribution is -2.69. The maximum atomic E-state index is 13.0. The van der Waals surface area contributed by atoms with Gasteiger partial charge in [0.25, 0.3) is 0 Å². The Labute approximate surface area is 200 Å². The second-order valence-electron chi connectivity index (χ2n) is 10.4. The van der Waals surface area contributed by atoms with E-state index in [0.29, 0.717) is 30.5 Å². The summed E-state index contributed by atoms with van der Waals surface area (Å²) in [6.07, 6.45) is 0.0575. The minimum atomic E-state index is -4.43. The Kier molecular flexibility index (Phi) is 5.11. The number of carbonyl (C=O) groups is 1. The van der Waals surface area contributed by atoms with Crippen LogP contribution in [0.15, 0.2) is 18.2 Å². The molecule has 2 aromatic rings. The molecule has 2 saturated carbocycles. The van der Waals surface area contributed by atoms with Crippen molar-refractivity contribution in [2.45, 2.75) is 56.3 Å². The van der Waals surface area contributed by atoms with E-state index >= 15 is 0 Å². The first kappa shape index (κ1) is 22.2. The molecular weight excluding hydrogens is 469 g/mol. The van der Waals surface area contributed by atoms with Gasteiger partial charge in [-0.05, 0) is 49.4 Å². The molecule has 0 radical (unpaired) electrons. The van der Waals surface area contributed by atoms with Crippen LogP contribution >= 0.6 is 11.6 Å². The molecule has 1 spiro atoms. The molecule has 1 aromatic carbocycles. The van der Waals surface area contributed by atoms with E-state index in [1.54, 1.807) is 4.90 Å². The van der Waals surface area contributed by atoms with E-state index in [9.17, 15) is 18.0 Å². The van der Waals surface area contributed by atoms with Gasteiger partial charge in [-0.15, -0.1) is 10.2 Å². The van der Waals surface area contributed by atoms with Crippen molar-refractivity contribution in [2.24, 2.45) is 5.41 Å². The van der Waals surface area contributed by atoms with Crippen molar-refractivity contribution in [1.29, 1.82) is 0 Å². The van der Waals surface area contributed by atoms with Crippen molar-refractivity contribution >= 4 is 17.6 Å². The van der Waals surface area contributed by atoms with E-state index in [4.69, 9.17) is 11.6 Å². The van der Waals surface area contributed by atoms with Gasteiger partial charge in [0.2, 0.25) is 0 Å². The minimum Gasteiger partial charge on any atom is -0.328 e. The lowest BCUT2D eigenvalue weighted by molar-refractivity contribution is -0.137. The Morgan fingerprint density at radius 2 is 1.76 bits per heavy atom. The zero-order valence-corrected chi connectivity index (χ0v) is 19.3. The Morgan fingerprint density at radius 3 is 2.41 bits per heavy atom. The van der Waals surface area contributed by atoms with Crippen LogP contribution in [0.4, 0.5) is 18.0 Å². The number of rotatable bonds is 5. The number of hydrogen-bond acceptors (Lipinski definition) is 4. The molecule has 2 aliphatic carbocycles. The number of urea groups is 1. The van der Waals surface area contributed by atoms with Gasteiger partial charge in [0.15, 0.2) is 0 Å². The zero-order chi connectivity index (χ0) is 23.7. The van der Waals surface area contributed by atoms with Crippen LogP contribution in [0.25, 0.3) is 0 Å². The number of aromatic nitrogens is 3. The summed E-state index contributed by atoms with van der Waals surface area (Å²) in [6.45, 7) is 2.94. The third kappa shape index (κ3) is 4.15. The van der Waals surface area contributed by atoms with Crippen molar-refractivity contribution < 1.29 is 18.0 Å². The standard InChI is InChI=1S/C23H26ClF3N6O/c24-17-4-13(3-16(5-17)23(25,26)27)8-28-18-9-32(10-18)21(34)33-11-22(12-33)6-15(7-22)20-29-19(30-31-20)14-1-2-14/h3-5,14-15,18,28H,1-2,6-12H2,(H,29,30,31). The molecule has 2 aliphatic heterocycles. The van der Waals surface area contributed by atoms with Crippen LogP contribution < -0.4 is 5.32 Å². The third-order valence-corrected chi connectivity index (χ3v) is 7.80. The van der Waals surface area contributed by atoms with Crippen LogP contribution in [-0.2, 0) is 12.7 Å². The number of likely N-dealkylation sites (tertiary alicyclic amines) is 2. The fourth-order valence-corrected chi connectivity index (χ4v) is 5.75. The molecule has 7 nitrogen and oxygen atoms in total. The Bertz CT molecular complexity index is 1100. The lowest BCUT2D eigenvalue weighted by atomic mass is 9.57. The molecule has 11 heteroatoms. The highest BCUT2D eigenvalue weighted by Gasteiger charge is 2.55. The number of carbonyl (C=O) groups excluding carboxylic acids is 1. The summed E-state index contributed by atoms with van der Waals surface area (Å²) in [5, 5.41) is 11.9. The summed E-state index contributed by atoms with van der Waals surface area (Å²) in [6, 6.07) is 3.67. The number of nitrogens with zero attached hydrogens (tertiary/aromatic N) is 4. The summed E-state index contributed by atoms with van der Waals surface area (Å²) in [7, 11) is 0. The normalized spacial score (nSPS) is 22.5. The third-order valence-electron chi connectivity index (χ3n) is 7.59. The smallest absolute Gasteiger partial charge is 0.328 e. The fourth-order valence-electron chi connectivity index (χ4n) is 5.49. The molecule has 0 bridgehead atoms. The van der Waals surface area contributed by atoms with Gasteiger partial charge in [0, 0.05) is 61.0 Å². The average molecular weight is 495 g/mol. The molecule has 2 N–H and O–H groups in total. The molecule has 2 saturated heterocycles. The zero-order valence-electron chi connectivity index (χ0n) is 18.5. The van der Waals surface area contributed by atoms with E-state index in [0.717, 1.165) is 49.7 Å². The van der Waals surface area contributed by atoms with E-state index in [-0.39, 0.29) is 29.1 Å². The van der Waals surface area contributed by atoms with Crippen molar-refractivity contribution in [3.63, 3.8) is 0 Å². The average Bonchev–Trinajstić information content (AvgIpc) is 3.41. The van der Waals surface area contributed by atoms with Crippen molar-refractivity contribution in [3.05, 3.63) is 46.0 Å². The summed E-state index contributed by atoms with van der Waals surface area (Å²) in [4.78, 5) is 19.8. The van der Waals surface area contributed by atoms with Crippen molar-refractivity contribution in [2.75, 3.05) is 26.2 Å². The van der Waals surface area contributed by atoms with Gasteiger partial charge in [0.05, 0.1) is 5.56 Å². The number of halogens is 4. The number of hydrogen-bond donors (Lipinski definition) is 2. The molecule has 182 valence electrons. The van der Waals surface area contributed by atoms with Gasteiger partial charge in [-0.1, -0.05) is 11.6 Å².